The summed E-state index contributed by atoms with van der Waals surface area (Å²) in [5.74, 6) is -0.442. The van der Waals surface area contributed by atoms with Gasteiger partial charge in [-0.15, -0.1) is 11.3 Å². The van der Waals surface area contributed by atoms with Gasteiger partial charge in [-0.25, -0.2) is 22.9 Å². The lowest BCUT2D eigenvalue weighted by Gasteiger charge is -2.05. The molecule has 0 amide bonds. The zero-order valence-electron chi connectivity index (χ0n) is 12.2. The van der Waals surface area contributed by atoms with Gasteiger partial charge in [0.2, 0.25) is 10.0 Å². The molecule has 0 fully saturated rings. The van der Waals surface area contributed by atoms with E-state index in [4.69, 9.17) is 9.66 Å². The molecular weight excluding hydrogens is 341 g/mol. The SMILES string of the molecule is Cc1csc(-c2noc(C)c2-c2ccc(S(N)(=O)=O)c(F)c2)n1. The fourth-order valence-corrected chi connectivity index (χ4v) is 3.58. The van der Waals surface area contributed by atoms with Crippen molar-refractivity contribution < 1.29 is 17.3 Å². The molecular formula is C14H12FN3O3S2. The molecule has 0 aliphatic rings. The number of halogens is 1. The molecule has 0 saturated carbocycles. The average Bonchev–Trinajstić information content (AvgIpc) is 3.03. The third-order valence-corrected chi connectivity index (χ3v) is 5.12. The normalized spacial score (nSPS) is 11.8. The lowest BCUT2D eigenvalue weighted by atomic mass is 10.0. The van der Waals surface area contributed by atoms with Crippen molar-refractivity contribution in [2.45, 2.75) is 18.7 Å². The highest BCUT2D eigenvalue weighted by molar-refractivity contribution is 7.89. The van der Waals surface area contributed by atoms with Crippen LogP contribution in [0.4, 0.5) is 4.39 Å². The number of primary sulfonamides is 1. The zero-order valence-corrected chi connectivity index (χ0v) is 13.8. The molecule has 0 bridgehead atoms. The molecule has 0 aliphatic carbocycles. The van der Waals surface area contributed by atoms with E-state index >= 15 is 0 Å². The minimum absolute atomic E-state index is 0.441. The molecule has 120 valence electrons. The number of sulfonamides is 1. The summed E-state index contributed by atoms with van der Waals surface area (Å²) in [5, 5.41) is 11.5. The molecule has 23 heavy (non-hydrogen) atoms. The van der Waals surface area contributed by atoms with Gasteiger partial charge >= 0.3 is 0 Å². The number of aryl methyl sites for hydroxylation is 2. The Balaban J connectivity index is 2.17. The molecule has 2 aromatic heterocycles. The molecule has 1 aromatic carbocycles. The smallest absolute Gasteiger partial charge is 0.240 e. The van der Waals surface area contributed by atoms with Crippen molar-refractivity contribution in [2.75, 3.05) is 0 Å². The molecule has 0 atom stereocenters. The minimum atomic E-state index is -4.11. The summed E-state index contributed by atoms with van der Waals surface area (Å²) in [4.78, 5) is 3.79. The Morgan fingerprint density at radius 2 is 2.04 bits per heavy atom. The van der Waals surface area contributed by atoms with Crippen molar-refractivity contribution in [1.82, 2.24) is 10.1 Å². The van der Waals surface area contributed by atoms with Gasteiger partial charge in [-0.2, -0.15) is 0 Å². The van der Waals surface area contributed by atoms with Crippen LogP contribution in [0, 0.1) is 19.7 Å². The second-order valence-corrected chi connectivity index (χ2v) is 7.33. The van der Waals surface area contributed by atoms with Gasteiger partial charge in [-0.1, -0.05) is 11.2 Å². The first-order chi connectivity index (χ1) is 10.8. The van der Waals surface area contributed by atoms with Gasteiger partial charge in [-0.05, 0) is 31.5 Å². The Hall–Kier alpha value is -2.10. The number of rotatable bonds is 3. The number of nitrogens with zero attached hydrogens (tertiary/aromatic N) is 2. The van der Waals surface area contributed by atoms with E-state index in [1.807, 2.05) is 12.3 Å². The predicted molar refractivity (Wildman–Crippen MR) is 83.9 cm³/mol. The highest BCUT2D eigenvalue weighted by Gasteiger charge is 2.21. The number of hydrogen-bond acceptors (Lipinski definition) is 6. The second-order valence-electron chi connectivity index (χ2n) is 4.95. The van der Waals surface area contributed by atoms with E-state index in [-0.39, 0.29) is 0 Å². The number of benzene rings is 1. The van der Waals surface area contributed by atoms with E-state index in [0.29, 0.717) is 27.6 Å². The summed E-state index contributed by atoms with van der Waals surface area (Å²) >= 11 is 1.39. The number of aromatic nitrogens is 2. The van der Waals surface area contributed by atoms with Crippen LogP contribution in [0.15, 0.2) is 33.0 Å². The molecule has 0 unspecified atom stereocenters. The number of nitrogens with two attached hydrogens (primary N) is 1. The summed E-state index contributed by atoms with van der Waals surface area (Å²) in [6, 6.07) is 3.69. The Bertz CT molecular complexity index is 993. The molecule has 0 saturated heterocycles. The van der Waals surface area contributed by atoms with Gasteiger partial charge in [-0.3, -0.25) is 0 Å². The summed E-state index contributed by atoms with van der Waals surface area (Å²) in [5.41, 5.74) is 2.34. The lowest BCUT2D eigenvalue weighted by Crippen LogP contribution is -2.13. The van der Waals surface area contributed by atoms with Gasteiger partial charge in [0, 0.05) is 11.1 Å². The van der Waals surface area contributed by atoms with Crippen LogP contribution in [0.25, 0.3) is 21.8 Å². The fraction of sp³-hybridized carbons (Fsp3) is 0.143. The van der Waals surface area contributed by atoms with Crippen molar-refractivity contribution in [3.8, 4) is 21.8 Å². The minimum Gasteiger partial charge on any atom is -0.360 e. The first-order valence-electron chi connectivity index (χ1n) is 6.49. The highest BCUT2D eigenvalue weighted by Crippen LogP contribution is 2.36. The first kappa shape index (κ1) is 15.8. The van der Waals surface area contributed by atoms with Gasteiger partial charge < -0.3 is 4.52 Å². The number of hydrogen-bond donors (Lipinski definition) is 1. The predicted octanol–water partition coefficient (Wildman–Crippen LogP) is 2.87. The largest absolute Gasteiger partial charge is 0.360 e. The summed E-state index contributed by atoms with van der Waals surface area (Å²) in [6.45, 7) is 3.55. The first-order valence-corrected chi connectivity index (χ1v) is 8.91. The molecule has 9 heteroatoms. The maximum absolute atomic E-state index is 14.1. The fourth-order valence-electron chi connectivity index (χ4n) is 2.21. The van der Waals surface area contributed by atoms with E-state index < -0.39 is 20.7 Å². The summed E-state index contributed by atoms with van der Waals surface area (Å²) in [7, 11) is -4.11. The van der Waals surface area contributed by atoms with Crippen molar-refractivity contribution in [3.05, 3.63) is 40.9 Å². The highest BCUT2D eigenvalue weighted by atomic mass is 32.2. The van der Waals surface area contributed by atoms with E-state index in [2.05, 4.69) is 10.1 Å². The molecule has 2 N–H and O–H groups in total. The molecule has 3 aromatic rings. The monoisotopic (exact) mass is 353 g/mol. The molecule has 0 spiro atoms. The van der Waals surface area contributed by atoms with Crippen LogP contribution < -0.4 is 5.14 Å². The van der Waals surface area contributed by atoms with Crippen molar-refractivity contribution in [2.24, 2.45) is 5.14 Å². The van der Waals surface area contributed by atoms with Crippen LogP contribution in [0.3, 0.4) is 0 Å². The lowest BCUT2D eigenvalue weighted by molar-refractivity contribution is 0.400. The Morgan fingerprint density at radius 3 is 2.61 bits per heavy atom. The van der Waals surface area contributed by atoms with Crippen LogP contribution >= 0.6 is 11.3 Å². The standard InChI is InChI=1S/C14H12FN3O3S2/c1-7-6-22-14(17-7)13-12(8(2)21-18-13)9-3-4-11(10(15)5-9)23(16,19)20/h3-6H,1-2H3,(H2,16,19,20). The third-order valence-electron chi connectivity index (χ3n) is 3.21. The third kappa shape index (κ3) is 2.90. The zero-order chi connectivity index (χ0) is 16.8. The molecule has 0 aliphatic heterocycles. The van der Waals surface area contributed by atoms with Crippen LogP contribution in [-0.4, -0.2) is 18.6 Å². The Kier molecular flexibility index (Phi) is 3.78. The van der Waals surface area contributed by atoms with Crippen LogP contribution in [0.1, 0.15) is 11.5 Å². The van der Waals surface area contributed by atoms with Gasteiger partial charge in [0.25, 0.3) is 0 Å². The maximum atomic E-state index is 14.1. The van der Waals surface area contributed by atoms with Gasteiger partial charge in [0.1, 0.15) is 21.5 Å². The van der Waals surface area contributed by atoms with Gasteiger partial charge in [0.15, 0.2) is 5.69 Å². The molecule has 3 rings (SSSR count). The Labute approximate surface area is 135 Å². The maximum Gasteiger partial charge on any atom is 0.240 e. The quantitative estimate of drug-likeness (QED) is 0.780. The van der Waals surface area contributed by atoms with Crippen molar-refractivity contribution in [1.29, 1.82) is 0 Å². The van der Waals surface area contributed by atoms with Crippen LogP contribution in [0.2, 0.25) is 0 Å². The van der Waals surface area contributed by atoms with E-state index in [9.17, 15) is 12.8 Å². The molecule has 0 radical (unpaired) electrons. The molecule has 2 heterocycles. The summed E-state index contributed by atoms with van der Waals surface area (Å²) < 4.78 is 41.9. The van der Waals surface area contributed by atoms with Gasteiger partial charge in [0.05, 0.1) is 5.56 Å². The topological polar surface area (TPSA) is 99.1 Å². The van der Waals surface area contributed by atoms with E-state index in [0.717, 1.165) is 17.8 Å². The van der Waals surface area contributed by atoms with Crippen molar-refractivity contribution in [3.63, 3.8) is 0 Å². The van der Waals surface area contributed by atoms with Crippen LogP contribution in [-0.2, 0) is 10.0 Å². The van der Waals surface area contributed by atoms with Crippen molar-refractivity contribution >= 4 is 21.4 Å². The Morgan fingerprint density at radius 1 is 1.30 bits per heavy atom. The average molecular weight is 353 g/mol. The van der Waals surface area contributed by atoms with Crippen LogP contribution in [0.5, 0.6) is 0 Å². The number of thiazole rings is 1. The molecule has 6 nitrogen and oxygen atoms in total. The van der Waals surface area contributed by atoms with E-state index in [1.165, 1.54) is 17.4 Å². The second kappa shape index (κ2) is 5.52. The summed E-state index contributed by atoms with van der Waals surface area (Å²) in [6.07, 6.45) is 0. The van der Waals surface area contributed by atoms with E-state index in [1.54, 1.807) is 6.92 Å².